The summed E-state index contributed by atoms with van der Waals surface area (Å²) < 4.78 is 0. The molecule has 0 spiro atoms. The van der Waals surface area contributed by atoms with Crippen LogP contribution in [-0.4, -0.2) is 16.6 Å². The number of nitrogens with zero attached hydrogens (tertiary/aromatic N) is 1. The minimum Gasteiger partial charge on any atom is -0.344 e. The number of aryl methyl sites for hydroxylation is 1. The maximum atomic E-state index is 12.8. The number of pyridine rings is 1. The fourth-order valence-corrected chi connectivity index (χ4v) is 4.73. The molecule has 0 aliphatic rings. The summed E-state index contributed by atoms with van der Waals surface area (Å²) in [5.41, 5.74) is 3.25. The van der Waals surface area contributed by atoms with Crippen molar-refractivity contribution < 1.29 is 4.79 Å². The standard InChI is InChI=1S/C23H20N2OS2/c1-16-8-10-17(11-9-16)23(21-7-4-14-27-21)25-22(26)15-28-20-12-13-24-19-6-3-2-5-18(19)20/h2-14,23H,15H2,1H3,(H,25,26). The molecule has 0 fully saturated rings. The second kappa shape index (κ2) is 8.59. The van der Waals surface area contributed by atoms with Crippen molar-refractivity contribution in [1.82, 2.24) is 10.3 Å². The number of para-hydroxylation sites is 1. The number of hydrogen-bond acceptors (Lipinski definition) is 4. The zero-order chi connectivity index (χ0) is 19.3. The lowest BCUT2D eigenvalue weighted by atomic mass is 10.0. The molecule has 0 bridgehead atoms. The van der Waals surface area contributed by atoms with Crippen LogP contribution in [-0.2, 0) is 4.79 Å². The van der Waals surface area contributed by atoms with Crippen LogP contribution in [0.5, 0.6) is 0 Å². The van der Waals surface area contributed by atoms with Gasteiger partial charge in [0.1, 0.15) is 0 Å². The molecule has 0 aliphatic carbocycles. The van der Waals surface area contributed by atoms with E-state index >= 15 is 0 Å². The van der Waals surface area contributed by atoms with Crippen molar-refractivity contribution in [1.29, 1.82) is 0 Å². The summed E-state index contributed by atoms with van der Waals surface area (Å²) in [5.74, 6) is 0.381. The molecule has 28 heavy (non-hydrogen) atoms. The molecular weight excluding hydrogens is 384 g/mol. The normalized spacial score (nSPS) is 12.0. The van der Waals surface area contributed by atoms with Crippen molar-refractivity contribution in [2.24, 2.45) is 0 Å². The molecule has 2 aromatic heterocycles. The number of amides is 1. The molecule has 0 saturated carbocycles. The first-order valence-electron chi connectivity index (χ1n) is 9.06. The Bertz CT molecular complexity index is 1070. The van der Waals surface area contributed by atoms with Gasteiger partial charge < -0.3 is 5.32 Å². The van der Waals surface area contributed by atoms with Gasteiger partial charge in [-0.15, -0.1) is 23.1 Å². The molecule has 0 saturated heterocycles. The van der Waals surface area contributed by atoms with Crippen LogP contribution >= 0.6 is 23.1 Å². The van der Waals surface area contributed by atoms with Crippen LogP contribution in [0.3, 0.4) is 0 Å². The molecule has 3 nitrogen and oxygen atoms in total. The number of fused-ring (bicyclic) bond motifs is 1. The molecule has 0 radical (unpaired) electrons. The Kier molecular flexibility index (Phi) is 5.74. The number of carbonyl (C=O) groups is 1. The lowest BCUT2D eigenvalue weighted by Crippen LogP contribution is -2.30. The van der Waals surface area contributed by atoms with Gasteiger partial charge in [-0.1, -0.05) is 54.1 Å². The number of hydrogen-bond donors (Lipinski definition) is 1. The third-order valence-electron chi connectivity index (χ3n) is 4.51. The summed E-state index contributed by atoms with van der Waals surface area (Å²) in [4.78, 5) is 19.3. The first-order chi connectivity index (χ1) is 13.7. The highest BCUT2D eigenvalue weighted by Crippen LogP contribution is 2.28. The second-order valence-corrected chi connectivity index (χ2v) is 8.54. The Hall–Kier alpha value is -2.63. The summed E-state index contributed by atoms with van der Waals surface area (Å²) in [5, 5.41) is 6.33. The number of benzene rings is 2. The first-order valence-corrected chi connectivity index (χ1v) is 10.9. The van der Waals surface area contributed by atoms with Gasteiger partial charge in [0.25, 0.3) is 0 Å². The van der Waals surface area contributed by atoms with Gasteiger partial charge in [0.15, 0.2) is 0 Å². The summed E-state index contributed by atoms with van der Waals surface area (Å²) in [6.45, 7) is 2.07. The van der Waals surface area contributed by atoms with E-state index < -0.39 is 0 Å². The maximum absolute atomic E-state index is 12.8. The molecule has 2 heterocycles. The zero-order valence-corrected chi connectivity index (χ0v) is 17.1. The van der Waals surface area contributed by atoms with Gasteiger partial charge >= 0.3 is 0 Å². The van der Waals surface area contributed by atoms with E-state index in [1.54, 1.807) is 29.3 Å². The SMILES string of the molecule is Cc1ccc(C(NC(=O)CSc2ccnc3ccccc23)c2cccs2)cc1. The van der Waals surface area contributed by atoms with E-state index in [9.17, 15) is 4.79 Å². The summed E-state index contributed by atoms with van der Waals surface area (Å²) >= 11 is 3.20. The molecule has 140 valence electrons. The predicted octanol–water partition coefficient (Wildman–Crippen LogP) is 5.60. The van der Waals surface area contributed by atoms with Crippen molar-refractivity contribution in [3.05, 3.63) is 94.3 Å². The third kappa shape index (κ3) is 4.26. The van der Waals surface area contributed by atoms with Crippen molar-refractivity contribution in [2.75, 3.05) is 5.75 Å². The minimum absolute atomic E-state index is 0.0184. The van der Waals surface area contributed by atoms with E-state index in [1.165, 1.54) is 5.56 Å². The van der Waals surface area contributed by atoms with Gasteiger partial charge in [-0.2, -0.15) is 0 Å². The van der Waals surface area contributed by atoms with E-state index in [4.69, 9.17) is 0 Å². The second-order valence-electron chi connectivity index (χ2n) is 6.54. The number of rotatable bonds is 6. The molecule has 4 aromatic rings. The van der Waals surface area contributed by atoms with Crippen LogP contribution in [0.4, 0.5) is 0 Å². The number of nitrogens with one attached hydrogen (secondary N) is 1. The number of aromatic nitrogens is 1. The van der Waals surface area contributed by atoms with Gasteiger partial charge in [0.2, 0.25) is 5.91 Å². The predicted molar refractivity (Wildman–Crippen MR) is 118 cm³/mol. The number of thiophene rings is 1. The first kappa shape index (κ1) is 18.7. The molecule has 2 aromatic carbocycles. The molecule has 1 unspecified atom stereocenters. The monoisotopic (exact) mass is 404 g/mol. The van der Waals surface area contributed by atoms with E-state index in [-0.39, 0.29) is 11.9 Å². The number of carbonyl (C=O) groups excluding carboxylic acids is 1. The summed E-state index contributed by atoms with van der Waals surface area (Å²) in [6.07, 6.45) is 1.79. The zero-order valence-electron chi connectivity index (χ0n) is 15.5. The Morgan fingerprint density at radius 3 is 2.68 bits per heavy atom. The van der Waals surface area contributed by atoms with Crippen LogP contribution in [0.25, 0.3) is 10.9 Å². The average Bonchev–Trinajstić information content (AvgIpc) is 3.26. The topological polar surface area (TPSA) is 42.0 Å². The van der Waals surface area contributed by atoms with Crippen molar-refractivity contribution in [2.45, 2.75) is 17.9 Å². The third-order valence-corrected chi connectivity index (χ3v) is 6.52. The van der Waals surface area contributed by atoms with E-state index in [1.807, 2.05) is 41.8 Å². The van der Waals surface area contributed by atoms with Crippen LogP contribution in [0.15, 0.2) is 83.2 Å². The van der Waals surface area contributed by atoms with Crippen LogP contribution in [0.2, 0.25) is 0 Å². The Morgan fingerprint density at radius 1 is 1.07 bits per heavy atom. The molecule has 5 heteroatoms. The minimum atomic E-state index is -0.122. The van der Waals surface area contributed by atoms with E-state index in [0.717, 1.165) is 26.2 Å². The Labute approximate surface area is 172 Å². The summed E-state index contributed by atoms with van der Waals surface area (Å²) in [6, 6.07) is 22.3. The largest absolute Gasteiger partial charge is 0.344 e. The lowest BCUT2D eigenvalue weighted by Gasteiger charge is -2.18. The van der Waals surface area contributed by atoms with Gasteiger partial charge in [-0.25, -0.2) is 0 Å². The van der Waals surface area contributed by atoms with E-state index in [0.29, 0.717) is 5.75 Å². The smallest absolute Gasteiger partial charge is 0.231 e. The molecular formula is C23H20N2OS2. The van der Waals surface area contributed by atoms with Gasteiger partial charge in [0.05, 0.1) is 17.3 Å². The quantitative estimate of drug-likeness (QED) is 0.425. The molecule has 1 atom stereocenters. The van der Waals surface area contributed by atoms with Crippen LogP contribution < -0.4 is 5.32 Å². The van der Waals surface area contributed by atoms with Crippen LogP contribution in [0, 0.1) is 6.92 Å². The fraction of sp³-hybridized carbons (Fsp3) is 0.130. The highest BCUT2D eigenvalue weighted by Gasteiger charge is 2.18. The Morgan fingerprint density at radius 2 is 1.89 bits per heavy atom. The molecule has 1 N–H and O–H groups in total. The lowest BCUT2D eigenvalue weighted by molar-refractivity contribution is -0.119. The van der Waals surface area contributed by atoms with Gasteiger partial charge in [-0.3, -0.25) is 9.78 Å². The van der Waals surface area contributed by atoms with Crippen LogP contribution in [0.1, 0.15) is 22.0 Å². The molecule has 4 rings (SSSR count). The van der Waals surface area contributed by atoms with Gasteiger partial charge in [-0.05, 0) is 36.1 Å². The van der Waals surface area contributed by atoms with E-state index in [2.05, 4.69) is 47.6 Å². The molecule has 1 amide bonds. The van der Waals surface area contributed by atoms with Crippen molar-refractivity contribution >= 4 is 39.9 Å². The van der Waals surface area contributed by atoms with Crippen molar-refractivity contribution in [3.63, 3.8) is 0 Å². The highest BCUT2D eigenvalue weighted by molar-refractivity contribution is 8.00. The van der Waals surface area contributed by atoms with Gasteiger partial charge in [0, 0.05) is 21.4 Å². The molecule has 0 aliphatic heterocycles. The summed E-state index contributed by atoms with van der Waals surface area (Å²) in [7, 11) is 0. The van der Waals surface area contributed by atoms with Crippen molar-refractivity contribution in [3.8, 4) is 0 Å². The number of thioether (sulfide) groups is 1. The average molecular weight is 405 g/mol. The Balaban J connectivity index is 1.49. The highest BCUT2D eigenvalue weighted by atomic mass is 32.2. The maximum Gasteiger partial charge on any atom is 0.231 e. The fourth-order valence-electron chi connectivity index (χ4n) is 3.07.